The summed E-state index contributed by atoms with van der Waals surface area (Å²) in [5.41, 5.74) is 5.76. The highest BCUT2D eigenvalue weighted by atomic mass is 35.5. The monoisotopic (exact) mass is 259 g/mol. The second-order valence-electron chi connectivity index (χ2n) is 4.54. The molecule has 1 atom stereocenters. The number of methoxy groups -OCH3 is 1. The minimum absolute atomic E-state index is 0.106. The fraction of sp³-hybridized carbons (Fsp3) is 0.500. The molecular formula is C12H15ClFNO2. The Morgan fingerprint density at radius 3 is 2.59 bits per heavy atom. The maximum absolute atomic E-state index is 14.1. The molecule has 3 N–H and O–H groups in total. The fourth-order valence-electron chi connectivity index (χ4n) is 2.32. The van der Waals surface area contributed by atoms with E-state index in [2.05, 4.69) is 0 Å². The highest BCUT2D eigenvalue weighted by Crippen LogP contribution is 2.56. The Bertz CT molecular complexity index is 458. The summed E-state index contributed by atoms with van der Waals surface area (Å²) in [5, 5.41) is 9.65. The molecule has 0 heterocycles. The van der Waals surface area contributed by atoms with Crippen LogP contribution in [-0.2, 0) is 5.41 Å². The smallest absolute Gasteiger partial charge is 0.167 e. The fourth-order valence-corrected chi connectivity index (χ4v) is 2.51. The number of rotatable bonds is 3. The standard InChI is InChI=1S/C12H15ClFNO2/c1-6(15)12(3-4-12)9-10(14)7(13)5-8(16)11(9)17-2/h5-6,16H,3-4,15H2,1-2H3. The van der Waals surface area contributed by atoms with Crippen LogP contribution < -0.4 is 10.5 Å². The number of phenols is 1. The van der Waals surface area contributed by atoms with Crippen LogP contribution in [0.3, 0.4) is 0 Å². The van der Waals surface area contributed by atoms with Crippen LogP contribution in [0.2, 0.25) is 5.02 Å². The zero-order valence-corrected chi connectivity index (χ0v) is 10.5. The van der Waals surface area contributed by atoms with Gasteiger partial charge in [0.05, 0.1) is 12.1 Å². The molecule has 17 heavy (non-hydrogen) atoms. The number of benzene rings is 1. The van der Waals surface area contributed by atoms with Crippen molar-refractivity contribution in [1.29, 1.82) is 0 Å². The summed E-state index contributed by atoms with van der Waals surface area (Å²) in [6.07, 6.45) is 1.55. The summed E-state index contributed by atoms with van der Waals surface area (Å²) in [5.74, 6) is -0.557. The quantitative estimate of drug-likeness (QED) is 0.877. The van der Waals surface area contributed by atoms with Crippen molar-refractivity contribution in [3.63, 3.8) is 0 Å². The summed E-state index contributed by atoms with van der Waals surface area (Å²) >= 11 is 5.76. The highest BCUT2D eigenvalue weighted by molar-refractivity contribution is 6.31. The van der Waals surface area contributed by atoms with Crippen LogP contribution in [0.25, 0.3) is 0 Å². The zero-order valence-electron chi connectivity index (χ0n) is 9.76. The number of ether oxygens (including phenoxy) is 1. The molecular weight excluding hydrogens is 245 g/mol. The topological polar surface area (TPSA) is 55.5 Å². The molecule has 3 nitrogen and oxygen atoms in total. The first-order valence-corrected chi connectivity index (χ1v) is 5.83. The molecule has 1 aromatic rings. The molecule has 5 heteroatoms. The summed E-state index contributed by atoms with van der Waals surface area (Å²) in [7, 11) is 1.39. The Labute approximate surface area is 104 Å². The molecule has 0 aliphatic heterocycles. The maximum atomic E-state index is 14.1. The Morgan fingerprint density at radius 1 is 1.59 bits per heavy atom. The molecule has 0 amide bonds. The van der Waals surface area contributed by atoms with Crippen molar-refractivity contribution in [3.05, 3.63) is 22.5 Å². The van der Waals surface area contributed by atoms with Gasteiger partial charge in [-0.05, 0) is 19.8 Å². The van der Waals surface area contributed by atoms with E-state index in [1.165, 1.54) is 7.11 Å². The molecule has 1 aliphatic rings. The lowest BCUT2D eigenvalue weighted by Gasteiger charge is -2.24. The molecule has 94 valence electrons. The molecule has 1 aromatic carbocycles. The van der Waals surface area contributed by atoms with E-state index in [0.29, 0.717) is 5.56 Å². The van der Waals surface area contributed by atoms with Crippen molar-refractivity contribution in [2.75, 3.05) is 7.11 Å². The molecule has 0 spiro atoms. The van der Waals surface area contributed by atoms with E-state index in [0.717, 1.165) is 18.9 Å². The number of phenolic OH excluding ortho intramolecular Hbond substituents is 1. The van der Waals surface area contributed by atoms with Gasteiger partial charge in [-0.2, -0.15) is 0 Å². The summed E-state index contributed by atoms with van der Waals surface area (Å²) < 4.78 is 19.2. The van der Waals surface area contributed by atoms with E-state index in [4.69, 9.17) is 22.1 Å². The molecule has 1 unspecified atom stereocenters. The minimum Gasteiger partial charge on any atom is -0.504 e. The van der Waals surface area contributed by atoms with Crippen molar-refractivity contribution >= 4 is 11.6 Å². The largest absolute Gasteiger partial charge is 0.504 e. The van der Waals surface area contributed by atoms with E-state index < -0.39 is 11.2 Å². The average molecular weight is 260 g/mol. The Morgan fingerprint density at radius 2 is 2.18 bits per heavy atom. The van der Waals surface area contributed by atoms with E-state index in [1.807, 2.05) is 6.92 Å². The van der Waals surface area contributed by atoms with Gasteiger partial charge in [-0.1, -0.05) is 11.6 Å². The predicted octanol–water partition coefficient (Wildman–Crippen LogP) is 2.57. The van der Waals surface area contributed by atoms with Crippen LogP contribution >= 0.6 is 11.6 Å². The number of halogens is 2. The third-order valence-electron chi connectivity index (χ3n) is 3.51. The third kappa shape index (κ3) is 1.76. The van der Waals surface area contributed by atoms with Gasteiger partial charge in [-0.3, -0.25) is 0 Å². The Kier molecular flexibility index (Phi) is 2.96. The van der Waals surface area contributed by atoms with Gasteiger partial charge in [-0.15, -0.1) is 0 Å². The summed E-state index contributed by atoms with van der Waals surface area (Å²) in [6, 6.07) is 0.931. The van der Waals surface area contributed by atoms with Gasteiger partial charge in [-0.25, -0.2) is 4.39 Å². The van der Waals surface area contributed by atoms with Gasteiger partial charge in [0.1, 0.15) is 5.82 Å². The lowest BCUT2D eigenvalue weighted by molar-refractivity contribution is 0.354. The number of hydrogen-bond acceptors (Lipinski definition) is 3. The van der Waals surface area contributed by atoms with Crippen molar-refractivity contribution in [2.24, 2.45) is 5.73 Å². The second-order valence-corrected chi connectivity index (χ2v) is 4.95. The first-order chi connectivity index (χ1) is 7.94. The van der Waals surface area contributed by atoms with Gasteiger partial charge in [0.2, 0.25) is 0 Å². The lowest BCUT2D eigenvalue weighted by Crippen LogP contribution is -2.32. The molecule has 1 aliphatic carbocycles. The van der Waals surface area contributed by atoms with Crippen LogP contribution in [0, 0.1) is 5.82 Å². The molecule has 0 saturated heterocycles. The van der Waals surface area contributed by atoms with Gasteiger partial charge < -0.3 is 15.6 Å². The van der Waals surface area contributed by atoms with Gasteiger partial charge in [0.25, 0.3) is 0 Å². The van der Waals surface area contributed by atoms with Crippen LogP contribution in [0.15, 0.2) is 6.07 Å². The summed E-state index contributed by atoms with van der Waals surface area (Å²) in [6.45, 7) is 1.82. The van der Waals surface area contributed by atoms with Crippen molar-refractivity contribution in [2.45, 2.75) is 31.2 Å². The predicted molar refractivity (Wildman–Crippen MR) is 64.2 cm³/mol. The van der Waals surface area contributed by atoms with Gasteiger partial charge in [0, 0.05) is 23.1 Å². The first-order valence-electron chi connectivity index (χ1n) is 5.45. The molecule has 0 aromatic heterocycles. The normalized spacial score (nSPS) is 18.9. The van der Waals surface area contributed by atoms with E-state index in [-0.39, 0.29) is 22.6 Å². The van der Waals surface area contributed by atoms with Crippen molar-refractivity contribution in [1.82, 2.24) is 0 Å². The van der Waals surface area contributed by atoms with Crippen LogP contribution in [0.5, 0.6) is 11.5 Å². The SMILES string of the molecule is COc1c(O)cc(Cl)c(F)c1C1(C(C)N)CC1. The molecule has 2 rings (SSSR count). The minimum atomic E-state index is -0.545. The van der Waals surface area contributed by atoms with Crippen molar-refractivity contribution < 1.29 is 14.2 Å². The molecule has 0 bridgehead atoms. The van der Waals surface area contributed by atoms with Crippen LogP contribution in [0.4, 0.5) is 4.39 Å². The Hall–Kier alpha value is -1.00. The first kappa shape index (κ1) is 12.5. The van der Waals surface area contributed by atoms with Crippen LogP contribution in [-0.4, -0.2) is 18.3 Å². The molecule has 1 saturated carbocycles. The van der Waals surface area contributed by atoms with Crippen molar-refractivity contribution in [3.8, 4) is 11.5 Å². The van der Waals surface area contributed by atoms with E-state index in [9.17, 15) is 9.50 Å². The average Bonchev–Trinajstić information content (AvgIpc) is 3.04. The number of aromatic hydroxyl groups is 1. The third-order valence-corrected chi connectivity index (χ3v) is 3.79. The lowest BCUT2D eigenvalue weighted by atomic mass is 9.88. The van der Waals surface area contributed by atoms with E-state index in [1.54, 1.807) is 0 Å². The number of hydrogen-bond donors (Lipinski definition) is 2. The van der Waals surface area contributed by atoms with Crippen LogP contribution in [0.1, 0.15) is 25.3 Å². The maximum Gasteiger partial charge on any atom is 0.167 e. The van der Waals surface area contributed by atoms with Gasteiger partial charge >= 0.3 is 0 Å². The molecule has 1 fully saturated rings. The van der Waals surface area contributed by atoms with Gasteiger partial charge in [0.15, 0.2) is 11.5 Å². The number of nitrogens with two attached hydrogens (primary N) is 1. The zero-order chi connectivity index (χ0) is 12.8. The molecule has 0 radical (unpaired) electrons. The highest BCUT2D eigenvalue weighted by Gasteiger charge is 2.51. The second kappa shape index (κ2) is 4.03. The summed E-state index contributed by atoms with van der Waals surface area (Å²) in [4.78, 5) is 0. The Balaban J connectivity index is 2.67. The van der Waals surface area contributed by atoms with E-state index >= 15 is 0 Å².